The summed E-state index contributed by atoms with van der Waals surface area (Å²) in [5.41, 5.74) is 9.26. The zero-order valence-corrected chi connectivity index (χ0v) is 13.4. The molecule has 2 nitrogen and oxygen atoms in total. The van der Waals surface area contributed by atoms with Gasteiger partial charge in [0.1, 0.15) is 0 Å². The van der Waals surface area contributed by atoms with Gasteiger partial charge in [0.15, 0.2) is 0 Å². The molecule has 0 radical (unpaired) electrons. The average molecular weight is 323 g/mol. The van der Waals surface area contributed by atoms with Gasteiger partial charge in [-0.15, -0.1) is 0 Å². The second-order valence-corrected chi connectivity index (χ2v) is 7.33. The summed E-state index contributed by atoms with van der Waals surface area (Å²) in [7, 11) is 2.21. The van der Waals surface area contributed by atoms with E-state index in [1.165, 1.54) is 37.9 Å². The number of nitrogen functional groups attached to an aromatic ring is 1. The fourth-order valence-corrected chi connectivity index (χ4v) is 4.69. The molecule has 2 fully saturated rings. The number of fused-ring (bicyclic) bond motifs is 2. The van der Waals surface area contributed by atoms with E-state index in [2.05, 4.69) is 40.9 Å². The molecule has 3 unspecified atom stereocenters. The van der Waals surface area contributed by atoms with Crippen LogP contribution in [0.2, 0.25) is 0 Å². The molecule has 3 atom stereocenters. The highest BCUT2D eigenvalue weighted by Crippen LogP contribution is 2.48. The summed E-state index contributed by atoms with van der Waals surface area (Å²) in [6.07, 6.45) is 5.88. The summed E-state index contributed by atoms with van der Waals surface area (Å²) in [6.45, 7) is 3.26. The van der Waals surface area contributed by atoms with E-state index in [1.807, 2.05) is 6.07 Å². The molecule has 2 saturated carbocycles. The van der Waals surface area contributed by atoms with Gasteiger partial charge in [-0.1, -0.05) is 6.42 Å². The zero-order valence-electron chi connectivity index (χ0n) is 11.8. The Labute approximate surface area is 124 Å². The first kappa shape index (κ1) is 13.3. The second-order valence-electron chi connectivity index (χ2n) is 6.48. The standard InChI is InChI=1S/C16H23BrN2/c1-10-5-16(14(17)8-15(10)18)19(2)9-13-7-11-3-4-12(13)6-11/h5,8,11-13H,3-4,6-7,9,18H2,1-2H3. The molecule has 0 spiro atoms. The van der Waals surface area contributed by atoms with Crippen LogP contribution in [0.4, 0.5) is 11.4 Å². The molecule has 0 saturated heterocycles. The van der Waals surface area contributed by atoms with Gasteiger partial charge in [-0.3, -0.25) is 0 Å². The zero-order chi connectivity index (χ0) is 13.6. The molecule has 2 N–H and O–H groups in total. The minimum Gasteiger partial charge on any atom is -0.398 e. The van der Waals surface area contributed by atoms with Crippen molar-refractivity contribution < 1.29 is 0 Å². The number of nitrogens with zero attached hydrogens (tertiary/aromatic N) is 1. The molecule has 0 aromatic heterocycles. The fraction of sp³-hybridized carbons (Fsp3) is 0.625. The molecule has 1 aromatic rings. The van der Waals surface area contributed by atoms with Gasteiger partial charge in [-0.05, 0) is 77.6 Å². The normalized spacial score (nSPS) is 28.9. The molecule has 3 heteroatoms. The van der Waals surface area contributed by atoms with Crippen molar-refractivity contribution in [3.63, 3.8) is 0 Å². The van der Waals surface area contributed by atoms with Gasteiger partial charge in [0.2, 0.25) is 0 Å². The van der Waals surface area contributed by atoms with E-state index in [-0.39, 0.29) is 0 Å². The fourth-order valence-electron chi connectivity index (χ4n) is 4.02. The van der Waals surface area contributed by atoms with Crippen molar-refractivity contribution in [2.24, 2.45) is 17.8 Å². The predicted octanol–water partition coefficient (Wildman–Crippen LogP) is 4.21. The Morgan fingerprint density at radius 2 is 2.11 bits per heavy atom. The summed E-state index contributed by atoms with van der Waals surface area (Å²) >= 11 is 3.65. The molecular weight excluding hydrogens is 300 g/mol. The lowest BCUT2D eigenvalue weighted by molar-refractivity contribution is 0.337. The molecule has 0 heterocycles. The van der Waals surface area contributed by atoms with Crippen LogP contribution >= 0.6 is 15.9 Å². The quantitative estimate of drug-likeness (QED) is 0.844. The Balaban J connectivity index is 1.73. The average Bonchev–Trinajstić information content (AvgIpc) is 2.95. The van der Waals surface area contributed by atoms with E-state index in [0.717, 1.165) is 33.5 Å². The first-order valence-corrected chi connectivity index (χ1v) is 8.10. The third-order valence-electron chi connectivity index (χ3n) is 5.14. The van der Waals surface area contributed by atoms with Crippen molar-refractivity contribution in [3.8, 4) is 0 Å². The van der Waals surface area contributed by atoms with Crippen LogP contribution in [-0.4, -0.2) is 13.6 Å². The highest BCUT2D eigenvalue weighted by molar-refractivity contribution is 9.10. The number of anilines is 2. The van der Waals surface area contributed by atoms with Crippen LogP contribution in [0.25, 0.3) is 0 Å². The van der Waals surface area contributed by atoms with Gasteiger partial charge < -0.3 is 10.6 Å². The predicted molar refractivity (Wildman–Crippen MR) is 85.5 cm³/mol. The number of benzene rings is 1. The molecule has 104 valence electrons. The van der Waals surface area contributed by atoms with Crippen molar-refractivity contribution in [2.75, 3.05) is 24.2 Å². The molecule has 3 rings (SSSR count). The maximum Gasteiger partial charge on any atom is 0.0512 e. The van der Waals surface area contributed by atoms with Gasteiger partial charge in [-0.2, -0.15) is 0 Å². The lowest BCUT2D eigenvalue weighted by Gasteiger charge is -2.29. The topological polar surface area (TPSA) is 29.3 Å². The smallest absolute Gasteiger partial charge is 0.0512 e. The summed E-state index contributed by atoms with van der Waals surface area (Å²) in [5.74, 6) is 2.91. The number of nitrogens with two attached hydrogens (primary N) is 1. The van der Waals surface area contributed by atoms with E-state index in [1.54, 1.807) is 0 Å². The Bertz CT molecular complexity index is 486. The minimum absolute atomic E-state index is 0.865. The second kappa shape index (κ2) is 5.01. The van der Waals surface area contributed by atoms with Crippen molar-refractivity contribution >= 4 is 27.3 Å². The lowest BCUT2D eigenvalue weighted by atomic mass is 9.88. The third-order valence-corrected chi connectivity index (χ3v) is 5.77. The van der Waals surface area contributed by atoms with Gasteiger partial charge in [0.05, 0.1) is 5.69 Å². The Hall–Kier alpha value is -0.700. The van der Waals surface area contributed by atoms with Crippen LogP contribution in [0.15, 0.2) is 16.6 Å². The summed E-state index contributed by atoms with van der Waals surface area (Å²) in [5, 5.41) is 0. The number of hydrogen-bond donors (Lipinski definition) is 1. The highest BCUT2D eigenvalue weighted by atomic mass is 79.9. The van der Waals surface area contributed by atoms with E-state index >= 15 is 0 Å². The van der Waals surface area contributed by atoms with E-state index in [4.69, 9.17) is 5.73 Å². The molecule has 2 aliphatic carbocycles. The maximum absolute atomic E-state index is 5.95. The Kier molecular flexibility index (Phi) is 3.50. The number of rotatable bonds is 3. The largest absolute Gasteiger partial charge is 0.398 e. The van der Waals surface area contributed by atoms with Gasteiger partial charge in [0.25, 0.3) is 0 Å². The molecule has 0 aliphatic heterocycles. The SMILES string of the molecule is Cc1cc(N(C)CC2CC3CCC2C3)c(Br)cc1N. The van der Waals surface area contributed by atoms with Crippen LogP contribution in [0.5, 0.6) is 0 Å². The summed E-state index contributed by atoms with van der Waals surface area (Å²) in [6, 6.07) is 4.23. The first-order chi connectivity index (χ1) is 9.04. The molecule has 1 aromatic carbocycles. The van der Waals surface area contributed by atoms with Crippen molar-refractivity contribution in [3.05, 3.63) is 22.2 Å². The van der Waals surface area contributed by atoms with Crippen molar-refractivity contribution in [1.29, 1.82) is 0 Å². The number of halogens is 1. The first-order valence-electron chi connectivity index (χ1n) is 7.31. The molecule has 0 amide bonds. The number of aryl methyl sites for hydroxylation is 1. The van der Waals surface area contributed by atoms with E-state index in [0.29, 0.717) is 0 Å². The van der Waals surface area contributed by atoms with E-state index < -0.39 is 0 Å². The van der Waals surface area contributed by atoms with Crippen molar-refractivity contribution in [2.45, 2.75) is 32.6 Å². The summed E-state index contributed by atoms with van der Waals surface area (Å²) < 4.78 is 1.11. The molecule has 2 aliphatic rings. The van der Waals surface area contributed by atoms with Crippen LogP contribution in [-0.2, 0) is 0 Å². The third kappa shape index (κ3) is 2.49. The highest BCUT2D eigenvalue weighted by Gasteiger charge is 2.39. The monoisotopic (exact) mass is 322 g/mol. The van der Waals surface area contributed by atoms with Gasteiger partial charge in [-0.25, -0.2) is 0 Å². The lowest BCUT2D eigenvalue weighted by Crippen LogP contribution is -2.28. The summed E-state index contributed by atoms with van der Waals surface area (Å²) in [4.78, 5) is 2.40. The van der Waals surface area contributed by atoms with Crippen LogP contribution in [0, 0.1) is 24.7 Å². The number of hydrogen-bond acceptors (Lipinski definition) is 2. The van der Waals surface area contributed by atoms with Gasteiger partial charge in [0, 0.05) is 23.8 Å². The van der Waals surface area contributed by atoms with Gasteiger partial charge >= 0.3 is 0 Å². The Morgan fingerprint density at radius 1 is 1.32 bits per heavy atom. The van der Waals surface area contributed by atoms with E-state index in [9.17, 15) is 0 Å². The molecule has 2 bridgehead atoms. The van der Waals surface area contributed by atoms with Crippen LogP contribution in [0.1, 0.15) is 31.2 Å². The Morgan fingerprint density at radius 3 is 2.74 bits per heavy atom. The minimum atomic E-state index is 0.865. The van der Waals surface area contributed by atoms with Crippen LogP contribution in [0.3, 0.4) is 0 Å². The van der Waals surface area contributed by atoms with Crippen LogP contribution < -0.4 is 10.6 Å². The van der Waals surface area contributed by atoms with Crippen molar-refractivity contribution in [1.82, 2.24) is 0 Å². The molecule has 19 heavy (non-hydrogen) atoms. The molecular formula is C16H23BrN2. The maximum atomic E-state index is 5.95.